The number of ether oxygens (including phenoxy) is 2. The molecule has 1 heterocycles. The number of aliphatic hydroxyl groups is 1. The van der Waals surface area contributed by atoms with Crippen LogP contribution in [0.4, 0.5) is 0 Å². The highest BCUT2D eigenvalue weighted by Crippen LogP contribution is 2.22. The number of aryl methyl sites for hydroxylation is 2. The van der Waals surface area contributed by atoms with Gasteiger partial charge in [0.25, 0.3) is 0 Å². The van der Waals surface area contributed by atoms with Gasteiger partial charge in [-0.3, -0.25) is 9.80 Å². The van der Waals surface area contributed by atoms with E-state index in [1.54, 1.807) is 0 Å². The number of rotatable bonds is 9. The molecular weight excluding hydrogens is 352 g/mol. The van der Waals surface area contributed by atoms with Gasteiger partial charge < -0.3 is 14.6 Å². The minimum Gasteiger partial charge on any atom is -0.491 e. The predicted molar refractivity (Wildman–Crippen MR) is 112 cm³/mol. The fourth-order valence-electron chi connectivity index (χ4n) is 3.60. The standard InChI is InChI=1S/C23H32N2O3/c1-19-7-6-8-20(2)23(19)28-16-15-27-22(26)18-25-13-11-24(12-14-25)17-21-9-4-3-5-10-21/h3-10,22,26H,11-18H2,1-2H3/t22-/m0/s1. The maximum atomic E-state index is 10.2. The molecule has 1 atom stereocenters. The normalized spacial score (nSPS) is 16.8. The van der Waals surface area contributed by atoms with Gasteiger partial charge >= 0.3 is 0 Å². The van der Waals surface area contributed by atoms with Gasteiger partial charge in [0, 0.05) is 39.3 Å². The van der Waals surface area contributed by atoms with Crippen molar-refractivity contribution in [3.63, 3.8) is 0 Å². The molecule has 2 aromatic carbocycles. The Morgan fingerprint density at radius 1 is 0.857 bits per heavy atom. The smallest absolute Gasteiger partial charge is 0.167 e. The molecule has 2 aromatic rings. The molecule has 0 aromatic heterocycles. The van der Waals surface area contributed by atoms with Crippen molar-refractivity contribution < 1.29 is 14.6 Å². The molecule has 0 saturated carbocycles. The van der Waals surface area contributed by atoms with Gasteiger partial charge in [0.2, 0.25) is 0 Å². The van der Waals surface area contributed by atoms with Crippen molar-refractivity contribution >= 4 is 0 Å². The van der Waals surface area contributed by atoms with Crippen LogP contribution in [0.5, 0.6) is 5.75 Å². The summed E-state index contributed by atoms with van der Waals surface area (Å²) in [5.41, 5.74) is 3.59. The molecule has 1 aliphatic rings. The van der Waals surface area contributed by atoms with Crippen LogP contribution in [0.2, 0.25) is 0 Å². The number of aliphatic hydroxyl groups excluding tert-OH is 1. The van der Waals surface area contributed by atoms with E-state index in [4.69, 9.17) is 9.47 Å². The molecule has 1 saturated heterocycles. The Bertz CT molecular complexity index is 695. The molecule has 28 heavy (non-hydrogen) atoms. The third kappa shape index (κ3) is 6.31. The van der Waals surface area contributed by atoms with E-state index in [1.807, 2.05) is 32.0 Å². The zero-order chi connectivity index (χ0) is 19.8. The van der Waals surface area contributed by atoms with E-state index in [0.717, 1.165) is 49.6 Å². The summed E-state index contributed by atoms with van der Waals surface area (Å²) in [5, 5.41) is 10.2. The van der Waals surface area contributed by atoms with Crippen LogP contribution >= 0.6 is 0 Å². The number of para-hydroxylation sites is 1. The molecule has 0 unspecified atom stereocenters. The zero-order valence-electron chi connectivity index (χ0n) is 17.0. The summed E-state index contributed by atoms with van der Waals surface area (Å²) in [6.07, 6.45) is -0.776. The van der Waals surface area contributed by atoms with Crippen molar-refractivity contribution in [1.29, 1.82) is 0 Å². The van der Waals surface area contributed by atoms with E-state index in [0.29, 0.717) is 19.8 Å². The molecule has 5 nitrogen and oxygen atoms in total. The van der Waals surface area contributed by atoms with Crippen LogP contribution in [-0.2, 0) is 11.3 Å². The van der Waals surface area contributed by atoms with E-state index >= 15 is 0 Å². The molecule has 0 bridgehead atoms. The molecule has 1 aliphatic heterocycles. The van der Waals surface area contributed by atoms with E-state index in [9.17, 15) is 5.11 Å². The number of benzene rings is 2. The lowest BCUT2D eigenvalue weighted by molar-refractivity contribution is -0.121. The van der Waals surface area contributed by atoms with E-state index in [2.05, 4.69) is 40.1 Å². The number of piperazine rings is 1. The topological polar surface area (TPSA) is 45.2 Å². The highest BCUT2D eigenvalue weighted by atomic mass is 16.6. The maximum absolute atomic E-state index is 10.2. The van der Waals surface area contributed by atoms with Crippen LogP contribution in [-0.4, -0.2) is 67.1 Å². The maximum Gasteiger partial charge on any atom is 0.167 e. The predicted octanol–water partition coefficient (Wildman–Crippen LogP) is 2.84. The summed E-state index contributed by atoms with van der Waals surface area (Å²) in [5.74, 6) is 0.912. The average Bonchev–Trinajstić information content (AvgIpc) is 2.69. The molecule has 5 heteroatoms. The second kappa shape index (κ2) is 10.6. The van der Waals surface area contributed by atoms with E-state index in [1.165, 1.54) is 5.56 Å². The van der Waals surface area contributed by atoms with Crippen molar-refractivity contribution in [1.82, 2.24) is 9.80 Å². The molecule has 0 aliphatic carbocycles. The minimum absolute atomic E-state index is 0.378. The average molecular weight is 385 g/mol. The monoisotopic (exact) mass is 384 g/mol. The first-order valence-corrected chi connectivity index (χ1v) is 10.1. The largest absolute Gasteiger partial charge is 0.491 e. The third-order valence-corrected chi connectivity index (χ3v) is 5.18. The highest BCUT2D eigenvalue weighted by Gasteiger charge is 2.19. The Hall–Kier alpha value is -1.92. The Balaban J connectivity index is 1.31. The fourth-order valence-corrected chi connectivity index (χ4v) is 3.60. The first kappa shape index (κ1) is 20.8. The zero-order valence-corrected chi connectivity index (χ0v) is 17.0. The quantitative estimate of drug-likeness (QED) is 0.532. The summed E-state index contributed by atoms with van der Waals surface area (Å²) < 4.78 is 11.4. The van der Waals surface area contributed by atoms with Gasteiger partial charge in [-0.1, -0.05) is 48.5 Å². The Kier molecular flexibility index (Phi) is 7.86. The first-order chi connectivity index (χ1) is 13.6. The molecule has 0 amide bonds. The van der Waals surface area contributed by atoms with Crippen LogP contribution in [0.15, 0.2) is 48.5 Å². The lowest BCUT2D eigenvalue weighted by Crippen LogP contribution is -2.48. The van der Waals surface area contributed by atoms with Crippen LogP contribution in [0.1, 0.15) is 16.7 Å². The van der Waals surface area contributed by atoms with Crippen LogP contribution < -0.4 is 4.74 Å². The summed E-state index contributed by atoms with van der Waals surface area (Å²) in [6.45, 7) is 10.3. The number of hydrogen-bond acceptors (Lipinski definition) is 5. The van der Waals surface area contributed by atoms with Gasteiger partial charge in [-0.25, -0.2) is 0 Å². The molecule has 0 radical (unpaired) electrons. The molecule has 3 rings (SSSR count). The molecule has 0 spiro atoms. The van der Waals surface area contributed by atoms with E-state index < -0.39 is 6.29 Å². The summed E-state index contributed by atoms with van der Waals surface area (Å²) >= 11 is 0. The van der Waals surface area contributed by atoms with Gasteiger partial charge in [-0.05, 0) is 30.5 Å². The molecule has 152 valence electrons. The van der Waals surface area contributed by atoms with Crippen LogP contribution in [0, 0.1) is 13.8 Å². The van der Waals surface area contributed by atoms with Gasteiger partial charge in [-0.15, -0.1) is 0 Å². The fraction of sp³-hybridized carbons (Fsp3) is 0.478. The Morgan fingerprint density at radius 2 is 1.50 bits per heavy atom. The first-order valence-electron chi connectivity index (χ1n) is 10.1. The highest BCUT2D eigenvalue weighted by molar-refractivity contribution is 5.39. The summed E-state index contributed by atoms with van der Waals surface area (Å²) in [6, 6.07) is 16.7. The lowest BCUT2D eigenvalue weighted by Gasteiger charge is -2.35. The van der Waals surface area contributed by atoms with Gasteiger partial charge in [0.15, 0.2) is 6.29 Å². The SMILES string of the molecule is Cc1cccc(C)c1OCCO[C@H](O)CN1CCN(Cc2ccccc2)CC1. The Morgan fingerprint density at radius 3 is 2.18 bits per heavy atom. The van der Waals surface area contributed by atoms with Gasteiger partial charge in [0.05, 0.1) is 6.61 Å². The van der Waals surface area contributed by atoms with Crippen molar-refractivity contribution in [2.45, 2.75) is 26.7 Å². The summed E-state index contributed by atoms with van der Waals surface area (Å²) in [4.78, 5) is 4.72. The molecule has 1 N–H and O–H groups in total. The number of β-amino-alcohol motifs (C(OH)–C–C–N with tert-alkyl or cyclic N) is 1. The Labute approximate surface area is 168 Å². The third-order valence-electron chi connectivity index (χ3n) is 5.18. The van der Waals surface area contributed by atoms with Crippen molar-refractivity contribution in [3.8, 4) is 5.75 Å². The second-order valence-corrected chi connectivity index (χ2v) is 7.46. The lowest BCUT2D eigenvalue weighted by atomic mass is 10.1. The number of hydrogen-bond donors (Lipinski definition) is 1. The molecular formula is C23H32N2O3. The van der Waals surface area contributed by atoms with Crippen LogP contribution in [0.3, 0.4) is 0 Å². The van der Waals surface area contributed by atoms with Gasteiger partial charge in [0.1, 0.15) is 12.4 Å². The number of nitrogens with zero attached hydrogens (tertiary/aromatic N) is 2. The van der Waals surface area contributed by atoms with Crippen LogP contribution in [0.25, 0.3) is 0 Å². The van der Waals surface area contributed by atoms with Crippen molar-refractivity contribution in [2.75, 3.05) is 45.9 Å². The molecule has 1 fully saturated rings. The van der Waals surface area contributed by atoms with Gasteiger partial charge in [-0.2, -0.15) is 0 Å². The van der Waals surface area contributed by atoms with E-state index in [-0.39, 0.29) is 0 Å². The minimum atomic E-state index is -0.776. The van der Waals surface area contributed by atoms with Crippen molar-refractivity contribution in [3.05, 3.63) is 65.2 Å². The summed E-state index contributed by atoms with van der Waals surface area (Å²) in [7, 11) is 0. The second-order valence-electron chi connectivity index (χ2n) is 7.46. The van der Waals surface area contributed by atoms with Crippen molar-refractivity contribution in [2.24, 2.45) is 0 Å².